The highest BCUT2D eigenvalue weighted by Crippen LogP contribution is 2.42. The lowest BCUT2D eigenvalue weighted by Gasteiger charge is -2.18. The van der Waals surface area contributed by atoms with Crippen LogP contribution in [0.4, 0.5) is 0 Å². The van der Waals surface area contributed by atoms with E-state index in [4.69, 9.17) is 4.98 Å². The second kappa shape index (κ2) is 12.5. The number of nitrogens with zero attached hydrogens (tertiary/aromatic N) is 1. The molecule has 0 aliphatic heterocycles. The molecule has 7 aromatic carbocycles. The van der Waals surface area contributed by atoms with Crippen molar-refractivity contribution in [3.63, 3.8) is 0 Å². The van der Waals surface area contributed by atoms with Crippen molar-refractivity contribution in [3.8, 4) is 67.0 Å². The van der Waals surface area contributed by atoms with Crippen LogP contribution in [0, 0.1) is 0 Å². The van der Waals surface area contributed by atoms with E-state index in [1.807, 2.05) is 11.3 Å². The van der Waals surface area contributed by atoms with Gasteiger partial charge in [0.05, 0.1) is 11.4 Å². The molecular weight excluding hydrogens is 611 g/mol. The van der Waals surface area contributed by atoms with Gasteiger partial charge in [-0.1, -0.05) is 158 Å². The molecule has 9 rings (SSSR count). The van der Waals surface area contributed by atoms with Crippen molar-refractivity contribution < 1.29 is 0 Å². The van der Waals surface area contributed by atoms with E-state index >= 15 is 0 Å². The first-order chi connectivity index (χ1) is 24.3. The van der Waals surface area contributed by atoms with Gasteiger partial charge in [0.15, 0.2) is 0 Å². The highest BCUT2D eigenvalue weighted by molar-refractivity contribution is 7.25. The van der Waals surface area contributed by atoms with Gasteiger partial charge in [-0.3, -0.25) is 0 Å². The van der Waals surface area contributed by atoms with Gasteiger partial charge in [-0.05, 0) is 74.8 Å². The molecule has 230 valence electrons. The minimum absolute atomic E-state index is 0.959. The topological polar surface area (TPSA) is 12.9 Å². The minimum atomic E-state index is 0.959. The summed E-state index contributed by atoms with van der Waals surface area (Å²) in [7, 11) is 0. The zero-order chi connectivity index (χ0) is 32.6. The number of hydrogen-bond acceptors (Lipinski definition) is 2. The van der Waals surface area contributed by atoms with E-state index in [2.05, 4.69) is 188 Å². The van der Waals surface area contributed by atoms with E-state index in [-0.39, 0.29) is 0 Å². The Bertz CT molecular complexity index is 2510. The molecule has 0 radical (unpaired) electrons. The van der Waals surface area contributed by atoms with Gasteiger partial charge in [0.1, 0.15) is 0 Å². The summed E-state index contributed by atoms with van der Waals surface area (Å²) in [5, 5.41) is 2.65. The van der Waals surface area contributed by atoms with Crippen LogP contribution in [0.15, 0.2) is 188 Å². The number of benzene rings is 7. The van der Waals surface area contributed by atoms with Crippen molar-refractivity contribution in [2.75, 3.05) is 0 Å². The van der Waals surface area contributed by atoms with E-state index in [0.29, 0.717) is 0 Å². The van der Waals surface area contributed by atoms with Crippen LogP contribution in [0.3, 0.4) is 0 Å². The fourth-order valence-electron chi connectivity index (χ4n) is 6.90. The van der Waals surface area contributed by atoms with Crippen molar-refractivity contribution in [1.82, 2.24) is 4.98 Å². The second-order valence-electron chi connectivity index (χ2n) is 12.3. The van der Waals surface area contributed by atoms with Crippen LogP contribution in [-0.4, -0.2) is 4.98 Å². The molecule has 0 saturated carbocycles. The van der Waals surface area contributed by atoms with E-state index < -0.39 is 0 Å². The van der Waals surface area contributed by atoms with Crippen molar-refractivity contribution in [1.29, 1.82) is 0 Å². The van der Waals surface area contributed by atoms with Crippen LogP contribution in [0.5, 0.6) is 0 Å². The zero-order valence-corrected chi connectivity index (χ0v) is 27.6. The summed E-state index contributed by atoms with van der Waals surface area (Å²) in [4.78, 5) is 5.15. The molecule has 2 heterocycles. The van der Waals surface area contributed by atoms with Gasteiger partial charge < -0.3 is 0 Å². The highest BCUT2D eigenvalue weighted by Gasteiger charge is 2.17. The predicted molar refractivity (Wildman–Crippen MR) is 210 cm³/mol. The van der Waals surface area contributed by atoms with Gasteiger partial charge in [0.25, 0.3) is 0 Å². The molecule has 0 unspecified atom stereocenters. The molecule has 1 nitrogen and oxygen atoms in total. The van der Waals surface area contributed by atoms with Crippen molar-refractivity contribution in [2.45, 2.75) is 0 Å². The lowest BCUT2D eigenvalue weighted by atomic mass is 9.86. The van der Waals surface area contributed by atoms with Crippen LogP contribution in [-0.2, 0) is 0 Å². The minimum Gasteiger partial charge on any atom is -0.248 e. The van der Waals surface area contributed by atoms with Crippen molar-refractivity contribution in [2.24, 2.45) is 0 Å². The Morgan fingerprint density at radius 2 is 0.816 bits per heavy atom. The Labute approximate surface area is 290 Å². The van der Waals surface area contributed by atoms with Gasteiger partial charge >= 0.3 is 0 Å². The maximum absolute atomic E-state index is 5.15. The van der Waals surface area contributed by atoms with Gasteiger partial charge in [-0.15, -0.1) is 11.3 Å². The molecular formula is C47H31NS. The van der Waals surface area contributed by atoms with Crippen LogP contribution in [0.2, 0.25) is 0 Å². The summed E-state index contributed by atoms with van der Waals surface area (Å²) in [6.45, 7) is 0. The number of hydrogen-bond donors (Lipinski definition) is 0. The van der Waals surface area contributed by atoms with Gasteiger partial charge in [0, 0.05) is 31.3 Å². The summed E-state index contributed by atoms with van der Waals surface area (Å²) in [5.74, 6) is 0. The normalized spacial score (nSPS) is 11.3. The first-order valence-corrected chi connectivity index (χ1v) is 17.4. The van der Waals surface area contributed by atoms with Crippen molar-refractivity contribution >= 4 is 31.5 Å². The Morgan fingerprint density at radius 3 is 1.47 bits per heavy atom. The van der Waals surface area contributed by atoms with Crippen LogP contribution in [0.1, 0.15) is 0 Å². The molecule has 2 aromatic heterocycles. The number of thiophene rings is 1. The number of aromatic nitrogens is 1. The standard InChI is InChI=1S/C47H31NS/c1-4-13-34(14-5-1)43-30-38(31-44(48-43)35-15-6-2-7-16-35)40-21-12-20-39(47(40)36-17-8-3-9-18-36)33-25-23-32(24-26-33)37-27-28-46-42(29-37)41-19-10-11-22-45(41)49-46/h1-31H. The smallest absolute Gasteiger partial charge is 0.0715 e. The lowest BCUT2D eigenvalue weighted by molar-refractivity contribution is 1.32. The first kappa shape index (κ1) is 29.1. The van der Waals surface area contributed by atoms with E-state index in [9.17, 15) is 0 Å². The average molecular weight is 642 g/mol. The summed E-state index contributed by atoms with van der Waals surface area (Å²) in [5.41, 5.74) is 13.7. The molecule has 9 aromatic rings. The molecule has 0 bridgehead atoms. The first-order valence-electron chi connectivity index (χ1n) is 16.6. The van der Waals surface area contributed by atoms with Crippen LogP contribution < -0.4 is 0 Å². The average Bonchev–Trinajstić information content (AvgIpc) is 3.56. The quantitative estimate of drug-likeness (QED) is 0.176. The summed E-state index contributed by atoms with van der Waals surface area (Å²) in [6, 6.07) is 67.5. The monoisotopic (exact) mass is 641 g/mol. The number of rotatable bonds is 6. The maximum Gasteiger partial charge on any atom is 0.0715 e. The molecule has 49 heavy (non-hydrogen) atoms. The number of fused-ring (bicyclic) bond motifs is 3. The Hall–Kier alpha value is -6.09. The maximum atomic E-state index is 5.15. The summed E-state index contributed by atoms with van der Waals surface area (Å²) < 4.78 is 2.66. The summed E-state index contributed by atoms with van der Waals surface area (Å²) in [6.07, 6.45) is 0. The molecule has 0 amide bonds. The molecule has 0 fully saturated rings. The molecule has 0 saturated heterocycles. The highest BCUT2D eigenvalue weighted by atomic mass is 32.1. The van der Waals surface area contributed by atoms with Crippen LogP contribution in [0.25, 0.3) is 87.2 Å². The fraction of sp³-hybridized carbons (Fsp3) is 0. The van der Waals surface area contributed by atoms with Gasteiger partial charge in [-0.25, -0.2) is 4.98 Å². The molecule has 0 N–H and O–H groups in total. The van der Waals surface area contributed by atoms with Gasteiger partial charge in [-0.2, -0.15) is 0 Å². The third-order valence-electron chi connectivity index (χ3n) is 9.31. The third kappa shape index (κ3) is 5.53. The fourth-order valence-corrected chi connectivity index (χ4v) is 7.98. The molecule has 0 atom stereocenters. The molecule has 0 aliphatic carbocycles. The third-order valence-corrected chi connectivity index (χ3v) is 10.5. The van der Waals surface area contributed by atoms with Crippen molar-refractivity contribution in [3.05, 3.63) is 188 Å². The second-order valence-corrected chi connectivity index (χ2v) is 13.4. The van der Waals surface area contributed by atoms with E-state index in [1.54, 1.807) is 0 Å². The number of pyridine rings is 1. The molecule has 0 spiro atoms. The van der Waals surface area contributed by atoms with Gasteiger partial charge in [0.2, 0.25) is 0 Å². The van der Waals surface area contributed by atoms with Crippen LogP contribution >= 0.6 is 11.3 Å². The Balaban J connectivity index is 1.19. The zero-order valence-electron chi connectivity index (χ0n) is 26.8. The summed E-state index contributed by atoms with van der Waals surface area (Å²) >= 11 is 1.86. The predicted octanol–water partition coefficient (Wildman–Crippen LogP) is 13.5. The van der Waals surface area contributed by atoms with E-state index in [1.165, 1.54) is 59.1 Å². The van der Waals surface area contributed by atoms with E-state index in [0.717, 1.165) is 28.1 Å². The Morgan fingerprint density at radius 1 is 0.306 bits per heavy atom. The Kier molecular flexibility index (Phi) is 7.42. The SMILES string of the molecule is c1ccc(-c2cc(-c3cccc(-c4ccc(-c5ccc6sc7ccccc7c6c5)cc4)c3-c3ccccc3)cc(-c3ccccc3)n2)cc1. The molecule has 2 heteroatoms. The lowest BCUT2D eigenvalue weighted by Crippen LogP contribution is -1.94. The largest absolute Gasteiger partial charge is 0.248 e. The molecule has 0 aliphatic rings.